The minimum absolute atomic E-state index is 0.120. The summed E-state index contributed by atoms with van der Waals surface area (Å²) in [5.41, 5.74) is -0.696. The molecule has 4 rings (SSSR count). The molecule has 3 aliphatic rings. The molecule has 11 heteroatoms. The second-order valence-electron chi connectivity index (χ2n) is 11.9. The molecule has 3 saturated heterocycles. The molecule has 3 heterocycles. The van der Waals surface area contributed by atoms with Crippen LogP contribution < -0.4 is 10.2 Å². The SMILES string of the molecule is C=CCCC(=O)NC[C@@H](C)OC(=O)[C@@H]1[C@H]2C(=O)N([C@@H](CO)C(C)C)[C@H](C(=O)N(CC=C)c3ccc(Cl)cc3)[C@]23CC[C@H]1O3. The van der Waals surface area contributed by atoms with Gasteiger partial charge in [0.25, 0.3) is 5.91 Å². The number of hydrogen-bond donors (Lipinski definition) is 2. The van der Waals surface area contributed by atoms with Crippen molar-refractivity contribution in [1.82, 2.24) is 10.2 Å². The van der Waals surface area contributed by atoms with Gasteiger partial charge in [-0.2, -0.15) is 0 Å². The predicted molar refractivity (Wildman–Crippen MR) is 162 cm³/mol. The molecule has 234 valence electrons. The number of nitrogens with one attached hydrogen (secondary N) is 1. The second-order valence-corrected chi connectivity index (χ2v) is 12.3. The summed E-state index contributed by atoms with van der Waals surface area (Å²) in [6.45, 7) is 12.8. The number of hydrogen-bond acceptors (Lipinski definition) is 7. The fourth-order valence-electron chi connectivity index (χ4n) is 6.73. The van der Waals surface area contributed by atoms with E-state index in [1.807, 2.05) is 13.8 Å². The number of esters is 1. The smallest absolute Gasteiger partial charge is 0.312 e. The maximum absolute atomic E-state index is 14.6. The van der Waals surface area contributed by atoms with Crippen LogP contribution in [0.1, 0.15) is 46.5 Å². The molecule has 1 aromatic carbocycles. The molecule has 1 aromatic rings. The summed E-state index contributed by atoms with van der Waals surface area (Å²) in [5, 5.41) is 13.7. The molecule has 0 saturated carbocycles. The summed E-state index contributed by atoms with van der Waals surface area (Å²) in [6.07, 6.45) is 3.71. The van der Waals surface area contributed by atoms with Gasteiger partial charge in [-0.25, -0.2) is 0 Å². The molecule has 0 unspecified atom stereocenters. The third kappa shape index (κ3) is 6.23. The van der Waals surface area contributed by atoms with Crippen molar-refractivity contribution in [2.75, 3.05) is 24.6 Å². The lowest BCUT2D eigenvalue weighted by atomic mass is 9.70. The maximum atomic E-state index is 14.6. The number of anilines is 1. The second kappa shape index (κ2) is 13.6. The van der Waals surface area contributed by atoms with E-state index < -0.39 is 53.6 Å². The number of fused-ring (bicyclic) bond motifs is 1. The Bertz CT molecular complexity index is 1240. The summed E-state index contributed by atoms with van der Waals surface area (Å²) < 4.78 is 12.2. The minimum atomic E-state index is -1.27. The van der Waals surface area contributed by atoms with E-state index in [2.05, 4.69) is 18.5 Å². The minimum Gasteiger partial charge on any atom is -0.460 e. The third-order valence-corrected chi connectivity index (χ3v) is 9.01. The number of aliphatic hydroxyl groups is 1. The van der Waals surface area contributed by atoms with Crippen molar-refractivity contribution in [1.29, 1.82) is 0 Å². The van der Waals surface area contributed by atoms with Crippen LogP contribution in [0.25, 0.3) is 0 Å². The number of allylic oxidation sites excluding steroid dienone is 1. The van der Waals surface area contributed by atoms with Crippen molar-refractivity contribution < 1.29 is 33.8 Å². The molecule has 10 nitrogen and oxygen atoms in total. The van der Waals surface area contributed by atoms with Crippen LogP contribution in [0, 0.1) is 17.8 Å². The fourth-order valence-corrected chi connectivity index (χ4v) is 6.86. The van der Waals surface area contributed by atoms with Gasteiger partial charge in [0, 0.05) is 23.7 Å². The standard InChI is InChI=1S/C32H42ClN3O7/c1-6-8-9-25(38)34-17-20(5)42-31(41)26-24-14-15-32(43-24)27(26)29(39)36(23(18-37)19(3)4)28(32)30(40)35(16-7-2)22-12-10-21(33)11-13-22/h6-7,10-13,19-20,23-24,26-28,37H,1-2,8-9,14-18H2,3-5H3,(H,34,38)/t20-,23+,24-,26+,27+,28-,32+/m1/s1. The van der Waals surface area contributed by atoms with Gasteiger partial charge in [0.05, 0.1) is 37.1 Å². The lowest BCUT2D eigenvalue weighted by molar-refractivity contribution is -0.160. The number of aliphatic hydroxyl groups excluding tert-OH is 1. The molecule has 0 aromatic heterocycles. The summed E-state index contributed by atoms with van der Waals surface area (Å²) in [5.74, 6) is -3.63. The molecule has 1 spiro atoms. The van der Waals surface area contributed by atoms with E-state index in [1.54, 1.807) is 43.3 Å². The van der Waals surface area contributed by atoms with Crippen molar-refractivity contribution in [3.8, 4) is 0 Å². The zero-order valence-electron chi connectivity index (χ0n) is 25.0. The van der Waals surface area contributed by atoms with Crippen LogP contribution in [0.3, 0.4) is 0 Å². The average molecular weight is 616 g/mol. The van der Waals surface area contributed by atoms with E-state index in [1.165, 1.54) is 9.80 Å². The molecule has 0 radical (unpaired) electrons. The number of likely N-dealkylation sites (tertiary alicyclic amines) is 1. The monoisotopic (exact) mass is 615 g/mol. The fraction of sp³-hybridized carbons (Fsp3) is 0.562. The number of carbonyl (C=O) groups is 4. The van der Waals surface area contributed by atoms with Crippen molar-refractivity contribution >= 4 is 41.0 Å². The number of nitrogens with zero attached hydrogens (tertiary/aromatic N) is 2. The molecule has 2 N–H and O–H groups in total. The van der Waals surface area contributed by atoms with Gasteiger partial charge in [-0.05, 0) is 56.4 Å². The van der Waals surface area contributed by atoms with Crippen LogP contribution in [0.15, 0.2) is 49.6 Å². The average Bonchev–Trinajstić information content (AvgIpc) is 3.62. The summed E-state index contributed by atoms with van der Waals surface area (Å²) in [4.78, 5) is 57.5. The normalized spacial score (nSPS) is 27.0. The molecule has 7 atom stereocenters. The van der Waals surface area contributed by atoms with Crippen molar-refractivity contribution in [2.24, 2.45) is 17.8 Å². The molecule has 0 aliphatic carbocycles. The quantitative estimate of drug-likeness (QED) is 0.243. The first kappa shape index (κ1) is 32.7. The van der Waals surface area contributed by atoms with Gasteiger partial charge >= 0.3 is 5.97 Å². The lowest BCUT2D eigenvalue weighted by Crippen LogP contribution is -2.59. The number of amides is 3. The number of carbonyl (C=O) groups excluding carboxylic acids is 4. The van der Waals surface area contributed by atoms with Gasteiger partial charge in [0.15, 0.2) is 0 Å². The summed E-state index contributed by atoms with van der Waals surface area (Å²) in [6, 6.07) is 5.03. The van der Waals surface area contributed by atoms with E-state index in [0.29, 0.717) is 30.0 Å². The summed E-state index contributed by atoms with van der Waals surface area (Å²) >= 11 is 6.11. The Morgan fingerprint density at radius 3 is 2.53 bits per heavy atom. The van der Waals surface area contributed by atoms with Gasteiger partial charge < -0.3 is 29.7 Å². The molecular formula is C32H42ClN3O7. The van der Waals surface area contributed by atoms with Gasteiger partial charge in [-0.15, -0.1) is 13.2 Å². The molecule has 3 amide bonds. The highest BCUT2D eigenvalue weighted by atomic mass is 35.5. The maximum Gasteiger partial charge on any atom is 0.312 e. The lowest BCUT2D eigenvalue weighted by Gasteiger charge is -2.40. The van der Waals surface area contributed by atoms with Crippen LogP contribution in [0.2, 0.25) is 5.02 Å². The molecular weight excluding hydrogens is 574 g/mol. The molecule has 2 bridgehead atoms. The zero-order chi connectivity index (χ0) is 31.5. The molecule has 3 fully saturated rings. The highest BCUT2D eigenvalue weighted by molar-refractivity contribution is 6.30. The van der Waals surface area contributed by atoms with Crippen LogP contribution in [-0.2, 0) is 28.7 Å². The Morgan fingerprint density at radius 1 is 1.23 bits per heavy atom. The number of benzene rings is 1. The van der Waals surface area contributed by atoms with Gasteiger partial charge in [0.2, 0.25) is 11.8 Å². The van der Waals surface area contributed by atoms with E-state index >= 15 is 0 Å². The Morgan fingerprint density at radius 2 is 1.93 bits per heavy atom. The Balaban J connectivity index is 1.65. The van der Waals surface area contributed by atoms with E-state index in [9.17, 15) is 24.3 Å². The highest BCUT2D eigenvalue weighted by Gasteiger charge is 2.75. The largest absolute Gasteiger partial charge is 0.460 e. The number of halogens is 1. The topological polar surface area (TPSA) is 125 Å². The van der Waals surface area contributed by atoms with Crippen molar-refractivity contribution in [3.05, 3.63) is 54.6 Å². The Labute approximate surface area is 258 Å². The Kier molecular flexibility index (Phi) is 10.4. The van der Waals surface area contributed by atoms with Crippen LogP contribution in [-0.4, -0.2) is 83.3 Å². The molecule has 43 heavy (non-hydrogen) atoms. The van der Waals surface area contributed by atoms with Gasteiger partial charge in [0.1, 0.15) is 17.7 Å². The Hall–Kier alpha value is -3.21. The van der Waals surface area contributed by atoms with E-state index in [0.717, 1.165) is 0 Å². The van der Waals surface area contributed by atoms with Crippen LogP contribution >= 0.6 is 11.6 Å². The summed E-state index contributed by atoms with van der Waals surface area (Å²) in [7, 11) is 0. The zero-order valence-corrected chi connectivity index (χ0v) is 25.8. The van der Waals surface area contributed by atoms with Crippen LogP contribution in [0.5, 0.6) is 0 Å². The van der Waals surface area contributed by atoms with E-state index in [4.69, 9.17) is 21.1 Å². The predicted octanol–water partition coefficient (Wildman–Crippen LogP) is 3.26. The van der Waals surface area contributed by atoms with Gasteiger partial charge in [-0.3, -0.25) is 19.2 Å². The first-order valence-corrected chi connectivity index (χ1v) is 15.2. The number of rotatable bonds is 14. The van der Waals surface area contributed by atoms with E-state index in [-0.39, 0.29) is 43.8 Å². The van der Waals surface area contributed by atoms with Crippen molar-refractivity contribution in [2.45, 2.75) is 76.3 Å². The highest BCUT2D eigenvalue weighted by Crippen LogP contribution is 2.59. The third-order valence-electron chi connectivity index (χ3n) is 8.75. The first-order valence-electron chi connectivity index (χ1n) is 14.9. The number of ether oxygens (including phenoxy) is 2. The van der Waals surface area contributed by atoms with Gasteiger partial charge in [-0.1, -0.05) is 37.6 Å². The molecule has 3 aliphatic heterocycles. The van der Waals surface area contributed by atoms with Crippen molar-refractivity contribution in [3.63, 3.8) is 0 Å². The van der Waals surface area contributed by atoms with Crippen LogP contribution in [0.4, 0.5) is 5.69 Å². The first-order chi connectivity index (χ1) is 20.5.